The van der Waals surface area contributed by atoms with Crippen LogP contribution >= 0.6 is 0 Å². The van der Waals surface area contributed by atoms with Gasteiger partial charge in [-0.25, -0.2) is 4.99 Å². The third-order valence-corrected chi connectivity index (χ3v) is 4.15. The molecule has 1 N–H and O–H groups in total. The summed E-state index contributed by atoms with van der Waals surface area (Å²) in [6.07, 6.45) is 1.76. The maximum absolute atomic E-state index is 12.3. The molecule has 4 heteroatoms. The smallest absolute Gasteiger partial charge is 0.275 e. The van der Waals surface area contributed by atoms with Gasteiger partial charge >= 0.3 is 0 Å². The first-order chi connectivity index (χ1) is 11.5. The lowest BCUT2D eigenvalue weighted by Gasteiger charge is -2.05. The number of rotatable bonds is 3. The highest BCUT2D eigenvalue weighted by atomic mass is 16.5. The number of benzene rings is 2. The Balaban J connectivity index is 2.00. The molecule has 2 aromatic carbocycles. The van der Waals surface area contributed by atoms with Crippen LogP contribution < -0.4 is 10.1 Å². The lowest BCUT2D eigenvalue weighted by atomic mass is 10.1. The topological polar surface area (TPSA) is 50.7 Å². The number of hydrogen-bond acceptors (Lipinski definition) is 3. The van der Waals surface area contributed by atoms with Crippen molar-refractivity contribution >= 4 is 17.8 Å². The summed E-state index contributed by atoms with van der Waals surface area (Å²) in [6.45, 7) is 6.11. The van der Waals surface area contributed by atoms with Crippen LogP contribution in [0, 0.1) is 20.8 Å². The summed E-state index contributed by atoms with van der Waals surface area (Å²) in [7, 11) is 1.62. The SMILES string of the molecule is COc1ccc(C)cc1/C=C1/N=C(c2ccc(C)c(C)c2)NC1=O. The number of amides is 1. The molecule has 0 fully saturated rings. The fourth-order valence-electron chi connectivity index (χ4n) is 2.61. The predicted octanol–water partition coefficient (Wildman–Crippen LogP) is 3.54. The van der Waals surface area contributed by atoms with Crippen LogP contribution in [0.3, 0.4) is 0 Å². The van der Waals surface area contributed by atoms with Crippen LogP contribution in [0.4, 0.5) is 0 Å². The fraction of sp³-hybridized carbons (Fsp3) is 0.200. The molecule has 1 aliphatic heterocycles. The second-order valence-corrected chi connectivity index (χ2v) is 5.99. The van der Waals surface area contributed by atoms with E-state index in [-0.39, 0.29) is 5.91 Å². The molecule has 0 aliphatic carbocycles. The highest BCUT2D eigenvalue weighted by molar-refractivity contribution is 6.19. The molecular weight excluding hydrogens is 300 g/mol. The first kappa shape index (κ1) is 16.0. The molecule has 0 bridgehead atoms. The van der Waals surface area contributed by atoms with E-state index < -0.39 is 0 Å². The molecule has 1 heterocycles. The molecular formula is C20H20N2O2. The maximum atomic E-state index is 12.3. The molecule has 0 saturated carbocycles. The number of methoxy groups -OCH3 is 1. The summed E-state index contributed by atoms with van der Waals surface area (Å²) < 4.78 is 5.36. The van der Waals surface area contributed by atoms with Gasteiger partial charge in [-0.1, -0.05) is 23.8 Å². The first-order valence-corrected chi connectivity index (χ1v) is 7.82. The molecule has 0 aromatic heterocycles. The van der Waals surface area contributed by atoms with Gasteiger partial charge in [-0.3, -0.25) is 4.79 Å². The van der Waals surface area contributed by atoms with Crippen molar-refractivity contribution in [3.05, 3.63) is 69.9 Å². The zero-order valence-corrected chi connectivity index (χ0v) is 14.3. The first-order valence-electron chi connectivity index (χ1n) is 7.82. The van der Waals surface area contributed by atoms with Gasteiger partial charge in [0, 0.05) is 11.1 Å². The van der Waals surface area contributed by atoms with Crippen LogP contribution in [0.15, 0.2) is 47.1 Å². The zero-order valence-electron chi connectivity index (χ0n) is 14.3. The molecule has 24 heavy (non-hydrogen) atoms. The number of ether oxygens (including phenoxy) is 1. The number of carbonyl (C=O) groups is 1. The molecule has 1 amide bonds. The minimum Gasteiger partial charge on any atom is -0.496 e. The number of hydrogen-bond donors (Lipinski definition) is 1. The van der Waals surface area contributed by atoms with E-state index in [0.29, 0.717) is 11.5 Å². The number of nitrogens with zero attached hydrogens (tertiary/aromatic N) is 1. The predicted molar refractivity (Wildman–Crippen MR) is 96.3 cm³/mol. The monoisotopic (exact) mass is 320 g/mol. The van der Waals surface area contributed by atoms with Crippen LogP contribution in [0.2, 0.25) is 0 Å². The van der Waals surface area contributed by atoms with Gasteiger partial charge < -0.3 is 10.1 Å². The van der Waals surface area contributed by atoms with Gasteiger partial charge in [0.05, 0.1) is 7.11 Å². The molecule has 3 rings (SSSR count). The molecule has 0 radical (unpaired) electrons. The largest absolute Gasteiger partial charge is 0.496 e. The summed E-state index contributed by atoms with van der Waals surface area (Å²) >= 11 is 0. The van der Waals surface area contributed by atoms with E-state index >= 15 is 0 Å². The zero-order chi connectivity index (χ0) is 17.3. The second kappa shape index (κ2) is 6.32. The molecule has 2 aromatic rings. The van der Waals surface area contributed by atoms with Crippen molar-refractivity contribution < 1.29 is 9.53 Å². The average molecular weight is 320 g/mol. The lowest BCUT2D eigenvalue weighted by Crippen LogP contribution is -2.24. The Morgan fingerprint density at radius 1 is 1.04 bits per heavy atom. The van der Waals surface area contributed by atoms with Crippen LogP contribution in [0.25, 0.3) is 6.08 Å². The second-order valence-electron chi connectivity index (χ2n) is 5.99. The molecule has 0 spiro atoms. The van der Waals surface area contributed by atoms with Gasteiger partial charge in [-0.2, -0.15) is 0 Å². The number of carbonyl (C=O) groups excluding carboxylic acids is 1. The molecule has 0 atom stereocenters. The van der Waals surface area contributed by atoms with E-state index in [2.05, 4.69) is 17.2 Å². The van der Waals surface area contributed by atoms with Crippen molar-refractivity contribution in [1.82, 2.24) is 5.32 Å². The maximum Gasteiger partial charge on any atom is 0.275 e. The van der Waals surface area contributed by atoms with Gasteiger partial charge in [0.25, 0.3) is 5.91 Å². The number of aryl methyl sites for hydroxylation is 3. The van der Waals surface area contributed by atoms with E-state index in [4.69, 9.17) is 4.74 Å². The highest BCUT2D eigenvalue weighted by Gasteiger charge is 2.21. The number of amidine groups is 1. The van der Waals surface area contributed by atoms with E-state index in [0.717, 1.165) is 22.4 Å². The fourth-order valence-corrected chi connectivity index (χ4v) is 2.61. The summed E-state index contributed by atoms with van der Waals surface area (Å²) in [5, 5.41) is 2.84. The van der Waals surface area contributed by atoms with Crippen LogP contribution in [-0.2, 0) is 4.79 Å². The van der Waals surface area contributed by atoms with Crippen molar-refractivity contribution in [3.8, 4) is 5.75 Å². The highest BCUT2D eigenvalue weighted by Crippen LogP contribution is 2.24. The van der Waals surface area contributed by atoms with E-state index in [9.17, 15) is 4.79 Å². The Kier molecular flexibility index (Phi) is 4.21. The quantitative estimate of drug-likeness (QED) is 0.880. The van der Waals surface area contributed by atoms with Gasteiger partial charge in [0.2, 0.25) is 0 Å². The molecule has 1 aliphatic rings. The summed E-state index contributed by atoms with van der Waals surface area (Å²) in [5.41, 5.74) is 5.61. The number of nitrogens with one attached hydrogen (secondary N) is 1. The molecule has 0 unspecified atom stereocenters. The molecule has 122 valence electrons. The normalized spacial score (nSPS) is 15.4. The van der Waals surface area contributed by atoms with Gasteiger partial charge in [0.15, 0.2) is 0 Å². The summed E-state index contributed by atoms with van der Waals surface area (Å²) in [5.74, 6) is 1.10. The van der Waals surface area contributed by atoms with Crippen molar-refractivity contribution in [2.45, 2.75) is 20.8 Å². The minimum absolute atomic E-state index is 0.202. The van der Waals surface area contributed by atoms with Crippen molar-refractivity contribution in [3.63, 3.8) is 0 Å². The average Bonchev–Trinajstić information content (AvgIpc) is 2.91. The third-order valence-electron chi connectivity index (χ3n) is 4.15. The number of aliphatic imine (C=N–C) groups is 1. The van der Waals surface area contributed by atoms with Crippen molar-refractivity contribution in [1.29, 1.82) is 0 Å². The minimum atomic E-state index is -0.202. The van der Waals surface area contributed by atoms with Gasteiger partial charge in [0.1, 0.15) is 17.3 Å². The Morgan fingerprint density at radius 3 is 2.54 bits per heavy atom. The summed E-state index contributed by atoms with van der Waals surface area (Å²) in [4.78, 5) is 16.7. The van der Waals surface area contributed by atoms with E-state index in [1.807, 2.05) is 50.2 Å². The Hall–Kier alpha value is -2.88. The molecule has 0 saturated heterocycles. The van der Waals surface area contributed by atoms with Crippen molar-refractivity contribution in [2.75, 3.05) is 7.11 Å². The third kappa shape index (κ3) is 3.08. The Labute approximate surface area is 141 Å². The Morgan fingerprint density at radius 2 is 1.83 bits per heavy atom. The van der Waals surface area contributed by atoms with Crippen LogP contribution in [0.1, 0.15) is 27.8 Å². The van der Waals surface area contributed by atoms with E-state index in [1.165, 1.54) is 11.1 Å². The van der Waals surface area contributed by atoms with Crippen LogP contribution in [-0.4, -0.2) is 18.9 Å². The van der Waals surface area contributed by atoms with Crippen LogP contribution in [0.5, 0.6) is 5.75 Å². The van der Waals surface area contributed by atoms with Gasteiger partial charge in [-0.15, -0.1) is 0 Å². The Bertz CT molecular complexity index is 879. The lowest BCUT2D eigenvalue weighted by molar-refractivity contribution is -0.115. The summed E-state index contributed by atoms with van der Waals surface area (Å²) in [6, 6.07) is 11.9. The van der Waals surface area contributed by atoms with E-state index in [1.54, 1.807) is 13.2 Å². The van der Waals surface area contributed by atoms with Crippen molar-refractivity contribution in [2.24, 2.45) is 4.99 Å². The standard InChI is InChI=1S/C20H20N2O2/c1-12-5-8-18(24-4)16(9-12)11-17-20(23)22-19(21-17)15-7-6-13(2)14(3)10-15/h5-11H,1-4H3,(H,21,22,23)/b17-11+. The van der Waals surface area contributed by atoms with Gasteiger partial charge in [-0.05, 0) is 56.2 Å². The molecule has 4 nitrogen and oxygen atoms in total.